The number of benzene rings is 1. The van der Waals surface area contributed by atoms with Gasteiger partial charge in [-0.3, -0.25) is 4.79 Å². The van der Waals surface area contributed by atoms with Gasteiger partial charge in [-0.1, -0.05) is 12.1 Å². The molecule has 98 valence electrons. The zero-order valence-electron chi connectivity index (χ0n) is 10.3. The van der Waals surface area contributed by atoms with Crippen LogP contribution in [0.25, 0.3) is 0 Å². The van der Waals surface area contributed by atoms with Gasteiger partial charge in [0.2, 0.25) is 0 Å². The number of hydrogen-bond donors (Lipinski definition) is 1. The highest BCUT2D eigenvalue weighted by atomic mass is 19.1. The molecule has 0 aliphatic rings. The lowest BCUT2D eigenvalue weighted by Gasteiger charge is -2.06. The van der Waals surface area contributed by atoms with E-state index in [1.165, 1.54) is 35.9 Å². The first-order valence-electron chi connectivity index (χ1n) is 5.66. The number of carbonyl (C=O) groups excluding carboxylic acids is 1. The molecular formula is C14H12FNO3. The Morgan fingerprint density at radius 1 is 1.32 bits per heavy atom. The first-order chi connectivity index (χ1) is 8.97. The van der Waals surface area contributed by atoms with E-state index in [1.807, 2.05) is 0 Å². The lowest BCUT2D eigenvalue weighted by molar-refractivity contribution is 0.0685. The van der Waals surface area contributed by atoms with Gasteiger partial charge in [0.05, 0.1) is 0 Å². The molecule has 0 unspecified atom stereocenters. The van der Waals surface area contributed by atoms with Crippen molar-refractivity contribution in [3.05, 3.63) is 59.2 Å². The number of nitrogens with zero attached hydrogens (tertiary/aromatic N) is 1. The van der Waals surface area contributed by atoms with E-state index in [-0.39, 0.29) is 23.8 Å². The number of carboxylic acids is 1. The fourth-order valence-corrected chi connectivity index (χ4v) is 1.84. The van der Waals surface area contributed by atoms with Gasteiger partial charge in [-0.2, -0.15) is 0 Å². The molecule has 0 saturated carbocycles. The van der Waals surface area contributed by atoms with Gasteiger partial charge in [0.1, 0.15) is 11.5 Å². The molecule has 0 aliphatic heterocycles. The zero-order valence-corrected chi connectivity index (χ0v) is 10.3. The first-order valence-corrected chi connectivity index (χ1v) is 5.66. The van der Waals surface area contributed by atoms with Crippen molar-refractivity contribution in [2.24, 2.45) is 0 Å². The van der Waals surface area contributed by atoms with Crippen LogP contribution in [-0.2, 0) is 6.54 Å². The summed E-state index contributed by atoms with van der Waals surface area (Å²) >= 11 is 0. The molecule has 0 spiro atoms. The van der Waals surface area contributed by atoms with Crippen LogP contribution in [0.5, 0.6) is 0 Å². The molecule has 0 bridgehead atoms. The predicted octanol–water partition coefficient (Wildman–Crippen LogP) is 2.58. The number of aromatic nitrogens is 1. The van der Waals surface area contributed by atoms with Crippen LogP contribution in [0.1, 0.15) is 33.3 Å². The normalized spacial score (nSPS) is 10.4. The van der Waals surface area contributed by atoms with E-state index in [0.29, 0.717) is 11.1 Å². The van der Waals surface area contributed by atoms with Crippen molar-refractivity contribution in [1.29, 1.82) is 0 Å². The Labute approximate surface area is 109 Å². The van der Waals surface area contributed by atoms with E-state index in [0.717, 1.165) is 0 Å². The van der Waals surface area contributed by atoms with Gasteiger partial charge in [0.15, 0.2) is 5.78 Å². The third kappa shape index (κ3) is 2.88. The van der Waals surface area contributed by atoms with Gasteiger partial charge in [-0.05, 0) is 30.7 Å². The SMILES string of the molecule is CC(=O)c1cc(C(=O)O)n(Cc2cccc(F)c2)c1. The molecule has 1 heterocycles. The summed E-state index contributed by atoms with van der Waals surface area (Å²) in [5.74, 6) is -1.71. The summed E-state index contributed by atoms with van der Waals surface area (Å²) in [5.41, 5.74) is 0.969. The maximum atomic E-state index is 13.1. The van der Waals surface area contributed by atoms with Gasteiger partial charge >= 0.3 is 5.97 Å². The predicted molar refractivity (Wildman–Crippen MR) is 66.9 cm³/mol. The maximum absolute atomic E-state index is 13.1. The van der Waals surface area contributed by atoms with Crippen LogP contribution in [0, 0.1) is 5.82 Å². The summed E-state index contributed by atoms with van der Waals surface area (Å²) in [6, 6.07) is 7.23. The Morgan fingerprint density at radius 2 is 2.05 bits per heavy atom. The quantitative estimate of drug-likeness (QED) is 0.860. The first kappa shape index (κ1) is 13.0. The Bertz CT molecular complexity index is 646. The van der Waals surface area contributed by atoms with Gasteiger partial charge in [-0.15, -0.1) is 0 Å². The molecule has 0 saturated heterocycles. The topological polar surface area (TPSA) is 59.3 Å². The van der Waals surface area contributed by atoms with E-state index < -0.39 is 5.97 Å². The highest BCUT2D eigenvalue weighted by molar-refractivity contribution is 5.97. The van der Waals surface area contributed by atoms with Crippen LogP contribution in [0.15, 0.2) is 36.5 Å². The van der Waals surface area contributed by atoms with E-state index >= 15 is 0 Å². The smallest absolute Gasteiger partial charge is 0.352 e. The van der Waals surface area contributed by atoms with Gasteiger partial charge in [0, 0.05) is 18.3 Å². The number of aromatic carboxylic acids is 1. The highest BCUT2D eigenvalue weighted by Gasteiger charge is 2.14. The molecule has 2 rings (SSSR count). The number of halogens is 1. The van der Waals surface area contributed by atoms with E-state index in [4.69, 9.17) is 5.11 Å². The van der Waals surface area contributed by atoms with Gasteiger partial charge in [-0.25, -0.2) is 9.18 Å². The second-order valence-electron chi connectivity index (χ2n) is 4.23. The van der Waals surface area contributed by atoms with Crippen LogP contribution in [0.3, 0.4) is 0 Å². The third-order valence-corrected chi connectivity index (χ3v) is 2.76. The second kappa shape index (κ2) is 5.06. The monoisotopic (exact) mass is 261 g/mol. The van der Waals surface area contributed by atoms with Crippen molar-refractivity contribution < 1.29 is 19.1 Å². The van der Waals surface area contributed by atoms with Crippen LogP contribution in [0.2, 0.25) is 0 Å². The summed E-state index contributed by atoms with van der Waals surface area (Å²) in [6.07, 6.45) is 1.47. The summed E-state index contributed by atoms with van der Waals surface area (Å²) in [4.78, 5) is 22.4. The van der Waals surface area contributed by atoms with E-state index in [9.17, 15) is 14.0 Å². The standard InChI is InChI=1S/C14H12FNO3/c1-9(17)11-6-13(14(18)19)16(8-11)7-10-3-2-4-12(15)5-10/h2-6,8H,7H2,1H3,(H,18,19). The minimum atomic E-state index is -1.12. The Hall–Kier alpha value is -2.43. The van der Waals surface area contributed by atoms with Crippen molar-refractivity contribution in [3.8, 4) is 0 Å². The number of carboxylic acid groups (broad SMARTS) is 1. The molecule has 2 aromatic rings. The van der Waals surface area contributed by atoms with Crippen molar-refractivity contribution in [2.75, 3.05) is 0 Å². The highest BCUT2D eigenvalue weighted by Crippen LogP contribution is 2.13. The Morgan fingerprint density at radius 3 is 2.63 bits per heavy atom. The van der Waals surface area contributed by atoms with Crippen LogP contribution in [0.4, 0.5) is 4.39 Å². The molecule has 0 amide bonds. The molecule has 1 aromatic carbocycles. The Kier molecular flexibility index (Phi) is 3.46. The fraction of sp³-hybridized carbons (Fsp3) is 0.143. The molecule has 19 heavy (non-hydrogen) atoms. The number of Topliss-reactive ketones (excluding diaryl/α,β-unsaturated/α-hetero) is 1. The number of hydrogen-bond acceptors (Lipinski definition) is 2. The molecule has 1 aromatic heterocycles. The molecule has 0 radical (unpaired) electrons. The number of ketones is 1. The van der Waals surface area contributed by atoms with Crippen molar-refractivity contribution >= 4 is 11.8 Å². The average Bonchev–Trinajstić information content (AvgIpc) is 2.73. The lowest BCUT2D eigenvalue weighted by atomic mass is 10.2. The van der Waals surface area contributed by atoms with E-state index in [1.54, 1.807) is 12.1 Å². The average molecular weight is 261 g/mol. The second-order valence-corrected chi connectivity index (χ2v) is 4.23. The van der Waals surface area contributed by atoms with Gasteiger partial charge in [0.25, 0.3) is 0 Å². The van der Waals surface area contributed by atoms with Crippen molar-refractivity contribution in [1.82, 2.24) is 4.57 Å². The van der Waals surface area contributed by atoms with E-state index in [2.05, 4.69) is 0 Å². The molecular weight excluding hydrogens is 249 g/mol. The largest absolute Gasteiger partial charge is 0.477 e. The molecule has 5 heteroatoms. The summed E-state index contributed by atoms with van der Waals surface area (Å²) < 4.78 is 14.5. The molecule has 0 fully saturated rings. The number of carbonyl (C=O) groups is 2. The van der Waals surface area contributed by atoms with Crippen LogP contribution >= 0.6 is 0 Å². The molecule has 1 N–H and O–H groups in total. The van der Waals surface area contributed by atoms with Crippen molar-refractivity contribution in [2.45, 2.75) is 13.5 Å². The minimum Gasteiger partial charge on any atom is -0.477 e. The molecule has 4 nitrogen and oxygen atoms in total. The zero-order chi connectivity index (χ0) is 14.0. The molecule has 0 aliphatic carbocycles. The molecule has 0 atom stereocenters. The number of rotatable bonds is 4. The maximum Gasteiger partial charge on any atom is 0.352 e. The third-order valence-electron chi connectivity index (χ3n) is 2.76. The summed E-state index contributed by atoms with van der Waals surface area (Å²) in [7, 11) is 0. The Balaban J connectivity index is 2.38. The van der Waals surface area contributed by atoms with Gasteiger partial charge < -0.3 is 9.67 Å². The summed E-state index contributed by atoms with van der Waals surface area (Å²) in [5, 5.41) is 9.09. The summed E-state index contributed by atoms with van der Waals surface area (Å²) in [6.45, 7) is 1.57. The fourth-order valence-electron chi connectivity index (χ4n) is 1.84. The minimum absolute atomic E-state index is 0.00876. The lowest BCUT2D eigenvalue weighted by Crippen LogP contribution is -2.08. The van der Waals surface area contributed by atoms with Crippen LogP contribution < -0.4 is 0 Å². The van der Waals surface area contributed by atoms with Crippen LogP contribution in [-0.4, -0.2) is 21.4 Å². The van der Waals surface area contributed by atoms with Crippen molar-refractivity contribution in [3.63, 3.8) is 0 Å².